The molecule has 0 saturated carbocycles. The molecule has 1 aliphatic heterocycles. The van der Waals surface area contributed by atoms with Crippen LogP contribution >= 0.6 is 0 Å². The number of furan rings is 1. The van der Waals surface area contributed by atoms with Crippen molar-refractivity contribution in [3.05, 3.63) is 253 Å². The van der Waals surface area contributed by atoms with Gasteiger partial charge in [0, 0.05) is 32.7 Å². The molecule has 0 aliphatic carbocycles. The van der Waals surface area contributed by atoms with Gasteiger partial charge in [0.2, 0.25) is 0 Å². The highest BCUT2D eigenvalue weighted by Gasteiger charge is 2.35. The Labute approximate surface area is 403 Å². The lowest BCUT2D eigenvalue weighted by Crippen LogP contribution is -2.19. The van der Waals surface area contributed by atoms with Crippen molar-refractivity contribution >= 4 is 120 Å². The van der Waals surface area contributed by atoms with Crippen LogP contribution < -0.4 is 0 Å². The van der Waals surface area contributed by atoms with Crippen molar-refractivity contribution in [1.82, 2.24) is 4.57 Å². The topological polar surface area (TPSA) is 30.4 Å². The highest BCUT2D eigenvalue weighted by atomic mass is 16.3. The van der Waals surface area contributed by atoms with E-state index in [1.165, 1.54) is 70.0 Å². The number of hydrogen-bond acceptors (Lipinski definition) is 2. The Kier molecular flexibility index (Phi) is 8.20. The average molecular weight is 891 g/mol. The molecule has 0 spiro atoms. The summed E-state index contributed by atoms with van der Waals surface area (Å²) in [6, 6.07) is 79.2. The average Bonchev–Trinajstić information content (AvgIpc) is 3.94. The third-order valence-electron chi connectivity index (χ3n) is 15.3. The molecule has 12 aromatic carbocycles. The second kappa shape index (κ2) is 14.7. The highest BCUT2D eigenvalue weighted by molar-refractivity contribution is 6.29. The summed E-state index contributed by atoms with van der Waals surface area (Å²) >= 11 is 0. The van der Waals surface area contributed by atoms with Crippen molar-refractivity contribution in [2.75, 3.05) is 0 Å². The maximum Gasteiger partial charge on any atom is 0.143 e. The third-order valence-corrected chi connectivity index (χ3v) is 15.3. The van der Waals surface area contributed by atoms with E-state index in [2.05, 4.69) is 230 Å². The summed E-state index contributed by atoms with van der Waals surface area (Å²) in [5.41, 5.74) is 12.2. The minimum absolute atomic E-state index is 0.558. The number of aromatic nitrogens is 1. The van der Waals surface area contributed by atoms with E-state index in [0.717, 1.165) is 83.2 Å². The molecule has 0 radical (unpaired) electrons. The van der Waals surface area contributed by atoms with Gasteiger partial charge in [0.15, 0.2) is 0 Å². The standard InChI is InChI=1S/C67H42N2O/c1-39-63(57-35-45-21-7-9-23-47(45)49-25-11-13-27-51(49)57)40(2)66(68-65(39)58-36-46-22-8-10-24-48(46)50-26-12-14-28-52(50)58)64-59(32-31-54-53-29-15-16-30-62(53)70-67(54)64)69-60-37-43-19-5-3-17-41(43)33-55(60)56-34-42-18-4-6-20-44(42)38-61(56)69/h3-38,66H,2H2,1H3/t66-/m0/s1. The zero-order valence-electron chi connectivity index (χ0n) is 38.4. The Hall–Kier alpha value is -9.05. The van der Waals surface area contributed by atoms with Gasteiger partial charge in [-0.25, -0.2) is 0 Å². The van der Waals surface area contributed by atoms with E-state index < -0.39 is 6.04 Å². The summed E-state index contributed by atoms with van der Waals surface area (Å²) in [6.45, 7) is 7.44. The quantitative estimate of drug-likeness (QED) is 0.162. The first-order chi connectivity index (χ1) is 34.6. The molecular weight excluding hydrogens is 849 g/mol. The Morgan fingerprint density at radius 1 is 0.414 bits per heavy atom. The maximum atomic E-state index is 7.21. The monoisotopic (exact) mass is 890 g/mol. The Morgan fingerprint density at radius 3 is 1.46 bits per heavy atom. The van der Waals surface area contributed by atoms with Crippen LogP contribution in [0.5, 0.6) is 0 Å². The first kappa shape index (κ1) is 39.0. The van der Waals surface area contributed by atoms with Crippen LogP contribution in [0, 0.1) is 0 Å². The molecule has 2 aromatic heterocycles. The molecule has 70 heavy (non-hydrogen) atoms. The van der Waals surface area contributed by atoms with Crippen LogP contribution in [0.1, 0.15) is 29.7 Å². The molecule has 0 unspecified atom stereocenters. The number of aliphatic imine (C=N–C) groups is 1. The maximum absolute atomic E-state index is 7.21. The van der Waals surface area contributed by atoms with Crippen molar-refractivity contribution in [2.24, 2.45) is 4.99 Å². The fraction of sp³-hybridized carbons (Fsp3) is 0.0299. The largest absolute Gasteiger partial charge is 0.456 e. The van der Waals surface area contributed by atoms with Crippen molar-refractivity contribution in [3.63, 3.8) is 0 Å². The van der Waals surface area contributed by atoms with Gasteiger partial charge in [-0.3, -0.25) is 4.99 Å². The third kappa shape index (κ3) is 5.54. The Balaban J connectivity index is 1.11. The van der Waals surface area contributed by atoms with Gasteiger partial charge in [0.25, 0.3) is 0 Å². The number of para-hydroxylation sites is 1. The van der Waals surface area contributed by atoms with E-state index in [-0.39, 0.29) is 0 Å². The number of hydrogen-bond donors (Lipinski definition) is 0. The molecule has 0 N–H and O–H groups in total. The number of allylic oxidation sites excluding steroid dienone is 1. The molecule has 0 saturated heterocycles. The number of benzene rings is 12. The summed E-state index contributed by atoms with van der Waals surface area (Å²) in [4.78, 5) is 6.10. The van der Waals surface area contributed by atoms with E-state index in [1.54, 1.807) is 0 Å². The zero-order chi connectivity index (χ0) is 46.2. The molecule has 3 heterocycles. The van der Waals surface area contributed by atoms with E-state index in [1.807, 2.05) is 0 Å². The van der Waals surface area contributed by atoms with Crippen LogP contribution in [0.2, 0.25) is 0 Å². The van der Waals surface area contributed by atoms with Crippen LogP contribution in [-0.4, -0.2) is 10.3 Å². The number of nitrogens with zero attached hydrogens (tertiary/aromatic N) is 2. The van der Waals surface area contributed by atoms with E-state index >= 15 is 0 Å². The number of fused-ring (bicyclic) bond motifs is 14. The summed E-state index contributed by atoms with van der Waals surface area (Å²) in [6.07, 6.45) is 0. The minimum atomic E-state index is -0.558. The molecule has 15 rings (SSSR count). The fourth-order valence-corrected chi connectivity index (χ4v) is 12.1. The lowest BCUT2D eigenvalue weighted by atomic mass is 9.78. The number of rotatable bonds is 4. The normalized spacial score (nSPS) is 14.6. The molecule has 1 aliphatic rings. The van der Waals surface area contributed by atoms with Crippen molar-refractivity contribution in [2.45, 2.75) is 13.0 Å². The molecule has 1 atom stereocenters. The zero-order valence-corrected chi connectivity index (χ0v) is 38.4. The summed E-state index contributed by atoms with van der Waals surface area (Å²) < 4.78 is 9.70. The first-order valence-corrected chi connectivity index (χ1v) is 24.2. The molecule has 14 aromatic rings. The summed E-state index contributed by atoms with van der Waals surface area (Å²) in [7, 11) is 0. The van der Waals surface area contributed by atoms with E-state index in [0.29, 0.717) is 0 Å². The molecule has 0 amide bonds. The molecule has 326 valence electrons. The fourth-order valence-electron chi connectivity index (χ4n) is 12.1. The Morgan fingerprint density at radius 2 is 0.871 bits per heavy atom. The van der Waals surface area contributed by atoms with Crippen molar-refractivity contribution in [1.29, 1.82) is 0 Å². The van der Waals surface area contributed by atoms with Gasteiger partial charge in [-0.2, -0.15) is 0 Å². The lowest BCUT2D eigenvalue weighted by molar-refractivity contribution is 0.657. The molecule has 0 fully saturated rings. The number of dihydropyridines is 1. The highest BCUT2D eigenvalue weighted by Crippen LogP contribution is 2.51. The Bertz CT molecular complexity index is 4600. The molecule has 3 nitrogen and oxygen atoms in total. The first-order valence-electron chi connectivity index (χ1n) is 24.2. The van der Waals surface area contributed by atoms with Gasteiger partial charge >= 0.3 is 0 Å². The van der Waals surface area contributed by atoms with Gasteiger partial charge in [0.1, 0.15) is 17.2 Å². The van der Waals surface area contributed by atoms with Gasteiger partial charge in [-0.15, -0.1) is 0 Å². The van der Waals surface area contributed by atoms with Crippen LogP contribution in [0.3, 0.4) is 0 Å². The van der Waals surface area contributed by atoms with Gasteiger partial charge in [-0.1, -0.05) is 170 Å². The lowest BCUT2D eigenvalue weighted by Gasteiger charge is -2.31. The van der Waals surface area contributed by atoms with E-state index in [9.17, 15) is 0 Å². The predicted molar refractivity (Wildman–Crippen MR) is 297 cm³/mol. The van der Waals surface area contributed by atoms with Crippen LogP contribution in [0.15, 0.2) is 246 Å². The second-order valence-corrected chi connectivity index (χ2v) is 19.0. The van der Waals surface area contributed by atoms with Crippen molar-refractivity contribution in [3.8, 4) is 5.69 Å². The SMILES string of the molecule is C=C1C(c2cc3ccccc3c3ccccc23)=C(C)C(c2cc3ccccc3c3ccccc23)=N[C@@H]1c1c(-n2c3cc4ccccc4cc3c3cc4ccccc4cc32)ccc2c1oc1ccccc12. The minimum Gasteiger partial charge on any atom is -0.456 e. The smallest absolute Gasteiger partial charge is 0.143 e. The van der Waals surface area contributed by atoms with E-state index in [4.69, 9.17) is 16.0 Å². The van der Waals surface area contributed by atoms with Crippen molar-refractivity contribution < 1.29 is 4.42 Å². The second-order valence-electron chi connectivity index (χ2n) is 19.0. The molecule has 0 bridgehead atoms. The molecule has 3 heteroatoms. The van der Waals surface area contributed by atoms with Crippen LogP contribution in [-0.2, 0) is 0 Å². The summed E-state index contributed by atoms with van der Waals surface area (Å²) in [5.74, 6) is 0. The van der Waals surface area contributed by atoms with Gasteiger partial charge in [-0.05, 0) is 148 Å². The van der Waals surface area contributed by atoms with Gasteiger partial charge in [0.05, 0.1) is 22.4 Å². The van der Waals surface area contributed by atoms with Crippen LogP contribution in [0.4, 0.5) is 0 Å². The van der Waals surface area contributed by atoms with Crippen LogP contribution in [0.25, 0.3) is 120 Å². The summed E-state index contributed by atoms with van der Waals surface area (Å²) in [5, 5.41) is 18.9. The predicted octanol–water partition coefficient (Wildman–Crippen LogP) is 18.2. The van der Waals surface area contributed by atoms with Gasteiger partial charge < -0.3 is 8.98 Å². The molecular formula is C67H42N2O.